The second kappa shape index (κ2) is 19.8. The number of nitrogens with zero attached hydrogens (tertiary/aromatic N) is 4. The summed E-state index contributed by atoms with van der Waals surface area (Å²) in [6.07, 6.45) is 2.44. The fourth-order valence-electron chi connectivity index (χ4n) is 8.76. The maximum Gasteiger partial charge on any atom is 0.261 e. The van der Waals surface area contributed by atoms with Crippen molar-refractivity contribution in [1.82, 2.24) is 9.47 Å². The largest absolute Gasteiger partial charge is 0.390 e. The first-order valence-electron chi connectivity index (χ1n) is 22.2. The Morgan fingerprint density at radius 1 is 0.831 bits per heavy atom. The molecule has 0 unspecified atom stereocenters. The minimum Gasteiger partial charge on any atom is -0.390 e. The van der Waals surface area contributed by atoms with E-state index in [1.54, 1.807) is 48.2 Å². The number of hydrogen-bond donors (Lipinski definition) is 3. The van der Waals surface area contributed by atoms with Crippen LogP contribution in [0.3, 0.4) is 0 Å². The molecule has 0 spiro atoms. The van der Waals surface area contributed by atoms with E-state index in [2.05, 4.69) is 32.0 Å². The van der Waals surface area contributed by atoms with Gasteiger partial charge in [0.1, 0.15) is 5.82 Å². The van der Waals surface area contributed by atoms with Crippen molar-refractivity contribution in [2.24, 2.45) is 7.05 Å². The van der Waals surface area contributed by atoms with Crippen molar-refractivity contribution in [2.75, 3.05) is 71.4 Å². The number of sulfonamides is 1. The molecule has 342 valence electrons. The average Bonchev–Trinajstić information content (AvgIpc) is 3.58. The Morgan fingerprint density at radius 3 is 2.18 bits per heavy atom. The first-order chi connectivity index (χ1) is 31.1. The molecule has 0 aliphatic carbocycles. The summed E-state index contributed by atoms with van der Waals surface area (Å²) in [4.78, 5) is 7.92. The molecule has 3 heterocycles. The molecule has 0 radical (unpaired) electrons. The Bertz CT molecular complexity index is 2700. The van der Waals surface area contributed by atoms with Crippen molar-refractivity contribution in [2.45, 2.75) is 61.5 Å². The molecule has 14 heteroatoms. The maximum absolute atomic E-state index is 16.5. The number of nitrogens with one attached hydrogen (secondary N) is 2. The van der Waals surface area contributed by atoms with Crippen molar-refractivity contribution in [3.63, 3.8) is 0 Å². The van der Waals surface area contributed by atoms with E-state index in [-0.39, 0.29) is 16.5 Å². The van der Waals surface area contributed by atoms with E-state index in [4.69, 9.17) is 11.6 Å². The smallest absolute Gasteiger partial charge is 0.261 e. The number of anilines is 4. The summed E-state index contributed by atoms with van der Waals surface area (Å²) in [5, 5.41) is 14.7. The van der Waals surface area contributed by atoms with E-state index in [0.29, 0.717) is 53.8 Å². The van der Waals surface area contributed by atoms with Gasteiger partial charge in [-0.2, -0.15) is 0 Å². The van der Waals surface area contributed by atoms with Crippen molar-refractivity contribution in [3.8, 4) is 22.4 Å². The fourth-order valence-corrected chi connectivity index (χ4v) is 11.0. The van der Waals surface area contributed by atoms with Crippen LogP contribution in [0.5, 0.6) is 0 Å². The number of aryl methyl sites for hydroxylation is 2. The van der Waals surface area contributed by atoms with Crippen molar-refractivity contribution in [3.05, 3.63) is 143 Å². The number of aliphatic hydroxyl groups is 1. The van der Waals surface area contributed by atoms with E-state index >= 15 is 8.78 Å². The van der Waals surface area contributed by atoms with E-state index in [1.807, 2.05) is 91.9 Å². The molecular formula is C51H57ClF2N6O3S2. The number of rotatable bonds is 15. The molecule has 8 rings (SSSR count). The summed E-state index contributed by atoms with van der Waals surface area (Å²) in [7, 11) is -2.00. The number of piperidine rings is 1. The molecule has 0 saturated carbocycles. The minimum atomic E-state index is -3.89. The van der Waals surface area contributed by atoms with Crippen LogP contribution in [0.1, 0.15) is 37.4 Å². The van der Waals surface area contributed by atoms with Crippen molar-refractivity contribution >= 4 is 56.1 Å². The molecule has 2 saturated heterocycles. The van der Waals surface area contributed by atoms with Crippen molar-refractivity contribution < 1.29 is 22.3 Å². The zero-order valence-corrected chi connectivity index (χ0v) is 39.7. The standard InChI is InChI=1S/C51H57ClF2N6O3S2/c1-35-32-43(18-20-46(35)55-40(34-64-42-8-6-5-7-9-42)22-25-58-26-23-51(3,61)24-27-58)65(62,63)56-39-14-16-41(17-15-39)59-28-30-60(31-29-59)47-21-19-45(53)48(49(47)54)44-33-36(2)57(4)50(44)37-10-12-38(52)13-11-37/h5-21,32-33,40,55-56,61H,22-31,34H2,1-4H3/t40-/m1/s1. The van der Waals surface area contributed by atoms with Gasteiger partial charge in [0.25, 0.3) is 10.0 Å². The van der Waals surface area contributed by atoms with Gasteiger partial charge in [0.2, 0.25) is 0 Å². The summed E-state index contributed by atoms with van der Waals surface area (Å²) < 4.78 is 64.1. The first-order valence-corrected chi connectivity index (χ1v) is 25.0. The average molecular weight is 940 g/mol. The molecule has 1 aromatic heterocycles. The molecule has 6 aromatic rings. The highest BCUT2D eigenvalue weighted by Crippen LogP contribution is 2.41. The van der Waals surface area contributed by atoms with Crippen LogP contribution in [0.25, 0.3) is 22.4 Å². The summed E-state index contributed by atoms with van der Waals surface area (Å²) in [6, 6.07) is 34.9. The van der Waals surface area contributed by atoms with E-state index < -0.39 is 27.3 Å². The molecule has 0 bridgehead atoms. The highest BCUT2D eigenvalue weighted by Gasteiger charge is 2.29. The first kappa shape index (κ1) is 46.5. The second-order valence-corrected chi connectivity index (χ2v) is 20.8. The van der Waals surface area contributed by atoms with Crippen LogP contribution in [0, 0.1) is 25.5 Å². The van der Waals surface area contributed by atoms with Gasteiger partial charge in [0, 0.05) is 103 Å². The number of hydrogen-bond acceptors (Lipinski definition) is 8. The molecule has 1 atom stereocenters. The predicted molar refractivity (Wildman–Crippen MR) is 264 cm³/mol. The molecule has 5 aromatic carbocycles. The lowest BCUT2D eigenvalue weighted by atomic mass is 9.94. The lowest BCUT2D eigenvalue weighted by molar-refractivity contribution is -0.00556. The molecule has 9 nitrogen and oxygen atoms in total. The normalized spacial score (nSPS) is 16.1. The van der Waals surface area contributed by atoms with E-state index in [1.165, 1.54) is 17.0 Å². The quantitative estimate of drug-likeness (QED) is 0.0877. The monoisotopic (exact) mass is 938 g/mol. The third kappa shape index (κ3) is 11.0. The van der Waals surface area contributed by atoms with Crippen LogP contribution < -0.4 is 19.8 Å². The van der Waals surface area contributed by atoms with Gasteiger partial charge in [-0.1, -0.05) is 41.9 Å². The van der Waals surface area contributed by atoms with Crippen LogP contribution in [0.15, 0.2) is 125 Å². The van der Waals surface area contributed by atoms with Gasteiger partial charge in [-0.3, -0.25) is 4.72 Å². The zero-order chi connectivity index (χ0) is 45.9. The summed E-state index contributed by atoms with van der Waals surface area (Å²) >= 11 is 7.95. The van der Waals surface area contributed by atoms with Gasteiger partial charge in [-0.05, 0) is 136 Å². The predicted octanol–water partition coefficient (Wildman–Crippen LogP) is 10.8. The Labute approximate surface area is 391 Å². The topological polar surface area (TPSA) is 93.1 Å². The molecular weight excluding hydrogens is 882 g/mol. The van der Waals surface area contributed by atoms with Gasteiger partial charge in [0.15, 0.2) is 5.82 Å². The highest BCUT2D eigenvalue weighted by molar-refractivity contribution is 7.99. The summed E-state index contributed by atoms with van der Waals surface area (Å²) in [6.45, 7) is 10.6. The Morgan fingerprint density at radius 2 is 1.51 bits per heavy atom. The molecule has 2 aliphatic rings. The number of aromatic nitrogens is 1. The van der Waals surface area contributed by atoms with Crippen molar-refractivity contribution in [1.29, 1.82) is 0 Å². The molecule has 2 fully saturated rings. The number of halogens is 3. The van der Waals surface area contributed by atoms with Crippen LogP contribution in [-0.4, -0.2) is 86.2 Å². The van der Waals surface area contributed by atoms with Gasteiger partial charge in [-0.15, -0.1) is 11.8 Å². The summed E-state index contributed by atoms with van der Waals surface area (Å²) in [5.41, 5.74) is 5.66. The molecule has 2 aliphatic heterocycles. The zero-order valence-electron chi connectivity index (χ0n) is 37.3. The minimum absolute atomic E-state index is 0.0571. The van der Waals surface area contributed by atoms with E-state index in [9.17, 15) is 13.5 Å². The van der Waals surface area contributed by atoms with Crippen LogP contribution in [0.4, 0.5) is 31.5 Å². The van der Waals surface area contributed by atoms with Gasteiger partial charge < -0.3 is 29.7 Å². The third-order valence-corrected chi connectivity index (χ3v) is 15.6. The lowest BCUT2D eigenvalue weighted by Crippen LogP contribution is -2.46. The van der Waals surface area contributed by atoms with Gasteiger partial charge in [-0.25, -0.2) is 17.2 Å². The molecule has 3 N–H and O–H groups in total. The highest BCUT2D eigenvalue weighted by atomic mass is 35.5. The summed E-state index contributed by atoms with van der Waals surface area (Å²) in [5.74, 6) is -0.377. The Hall–Kier alpha value is -5.05. The maximum atomic E-state index is 16.5. The number of piperazine rings is 1. The number of likely N-dealkylation sites (tertiary alicyclic amines) is 1. The van der Waals surface area contributed by atoms with Gasteiger partial charge >= 0.3 is 0 Å². The number of benzene rings is 5. The third-order valence-electron chi connectivity index (χ3n) is 12.8. The lowest BCUT2D eigenvalue weighted by Gasteiger charge is -2.37. The van der Waals surface area contributed by atoms with Crippen LogP contribution in [0.2, 0.25) is 5.02 Å². The van der Waals surface area contributed by atoms with Gasteiger partial charge in [0.05, 0.1) is 27.4 Å². The number of thioether (sulfide) groups is 1. The SMILES string of the molecule is Cc1cc(S(=O)(=O)Nc2ccc(N3CCN(c4ccc(F)c(-c5cc(C)n(C)c5-c5ccc(Cl)cc5)c4F)CC3)cc2)ccc1N[C@H](CCN1CCC(C)(O)CC1)CSc1ccccc1. The Balaban J connectivity index is 0.893. The second-order valence-electron chi connectivity index (χ2n) is 17.6. The van der Waals surface area contributed by atoms with E-state index in [0.717, 1.165) is 72.8 Å². The molecule has 0 amide bonds. The Kier molecular flexibility index (Phi) is 14.2. The van der Waals surface area contributed by atoms with Crippen LogP contribution in [-0.2, 0) is 17.1 Å². The fraction of sp³-hybridized carbons (Fsp3) is 0.333. The molecule has 65 heavy (non-hydrogen) atoms. The van der Waals surface area contributed by atoms with Crippen LogP contribution >= 0.6 is 23.4 Å².